The third-order valence-corrected chi connectivity index (χ3v) is 2.03. The topological polar surface area (TPSA) is 78.3 Å². The fraction of sp³-hybridized carbons (Fsp3) is 0.429. The molecule has 72 valence electrons. The molecule has 0 saturated carbocycles. The second-order valence-electron chi connectivity index (χ2n) is 2.15. The van der Waals surface area contributed by atoms with Crippen molar-refractivity contribution in [1.82, 2.24) is 5.16 Å². The van der Waals surface area contributed by atoms with Gasteiger partial charge in [-0.3, -0.25) is 0 Å². The number of nitrogens with two attached hydrogens (primary N) is 1. The first-order valence-electron chi connectivity index (χ1n) is 3.67. The van der Waals surface area contributed by atoms with Gasteiger partial charge in [-0.1, -0.05) is 5.16 Å². The Kier molecular flexibility index (Phi) is 3.18. The van der Waals surface area contributed by atoms with E-state index in [2.05, 4.69) is 9.68 Å². The molecular weight excluding hydrogens is 192 g/mol. The highest BCUT2D eigenvalue weighted by Gasteiger charge is 2.21. The lowest BCUT2D eigenvalue weighted by atomic mass is 10.3. The van der Waals surface area contributed by atoms with Gasteiger partial charge < -0.3 is 15.0 Å². The summed E-state index contributed by atoms with van der Waals surface area (Å²) in [5.74, 6) is -0.492. The molecule has 0 aliphatic carbocycles. The normalized spacial score (nSPS) is 10.0. The van der Waals surface area contributed by atoms with E-state index in [9.17, 15) is 4.79 Å². The van der Waals surface area contributed by atoms with Crippen LogP contribution in [0.3, 0.4) is 0 Å². The minimum Gasteiger partial charge on any atom is -0.462 e. The molecule has 2 N–H and O–H groups in total. The number of carbonyl (C=O) groups excluding carboxylic acids is 1. The van der Waals surface area contributed by atoms with Gasteiger partial charge in [-0.2, -0.15) is 0 Å². The van der Waals surface area contributed by atoms with Crippen LogP contribution in [0.15, 0.2) is 9.55 Å². The van der Waals surface area contributed by atoms with E-state index in [0.29, 0.717) is 11.6 Å². The van der Waals surface area contributed by atoms with Gasteiger partial charge in [-0.25, -0.2) is 4.79 Å². The third kappa shape index (κ3) is 1.95. The fourth-order valence-electron chi connectivity index (χ4n) is 0.818. The number of nitrogens with zero attached hydrogens (tertiary/aromatic N) is 1. The molecule has 1 aromatic heterocycles. The van der Waals surface area contributed by atoms with Crippen LogP contribution in [0.1, 0.15) is 17.3 Å². The molecule has 0 saturated heterocycles. The summed E-state index contributed by atoms with van der Waals surface area (Å²) in [4.78, 5) is 11.3. The van der Waals surface area contributed by atoms with Crippen molar-refractivity contribution >= 4 is 23.6 Å². The van der Waals surface area contributed by atoms with E-state index >= 15 is 0 Å². The van der Waals surface area contributed by atoms with Crippen LogP contribution in [-0.2, 0) is 4.74 Å². The highest BCUT2D eigenvalue weighted by molar-refractivity contribution is 7.98. The smallest absolute Gasteiger partial charge is 0.346 e. The number of rotatable bonds is 3. The molecule has 5 nitrogen and oxygen atoms in total. The predicted octanol–water partition coefficient (Wildman–Crippen LogP) is 1.16. The van der Waals surface area contributed by atoms with E-state index in [-0.39, 0.29) is 11.4 Å². The van der Waals surface area contributed by atoms with Crippen LogP contribution in [0.5, 0.6) is 0 Å². The summed E-state index contributed by atoms with van der Waals surface area (Å²) >= 11 is 1.28. The van der Waals surface area contributed by atoms with Crippen molar-refractivity contribution in [2.45, 2.75) is 11.9 Å². The maximum absolute atomic E-state index is 11.3. The van der Waals surface area contributed by atoms with E-state index in [1.807, 2.05) is 0 Å². The monoisotopic (exact) mass is 202 g/mol. The molecule has 13 heavy (non-hydrogen) atoms. The van der Waals surface area contributed by atoms with Crippen molar-refractivity contribution in [1.29, 1.82) is 0 Å². The van der Waals surface area contributed by atoms with Crippen LogP contribution in [0.2, 0.25) is 0 Å². The zero-order valence-electron chi connectivity index (χ0n) is 7.36. The molecule has 0 unspecified atom stereocenters. The number of nitrogen functional groups attached to an aromatic ring is 1. The highest BCUT2D eigenvalue weighted by Crippen LogP contribution is 2.24. The summed E-state index contributed by atoms with van der Waals surface area (Å²) in [6.45, 7) is 2.03. The van der Waals surface area contributed by atoms with Crippen LogP contribution >= 0.6 is 11.8 Å². The first-order valence-corrected chi connectivity index (χ1v) is 4.89. The van der Waals surface area contributed by atoms with Gasteiger partial charge >= 0.3 is 5.97 Å². The van der Waals surface area contributed by atoms with Crippen LogP contribution < -0.4 is 5.73 Å². The van der Waals surface area contributed by atoms with E-state index in [1.165, 1.54) is 11.8 Å². The zero-order valence-corrected chi connectivity index (χ0v) is 8.18. The molecule has 0 amide bonds. The summed E-state index contributed by atoms with van der Waals surface area (Å²) in [7, 11) is 0. The Morgan fingerprint density at radius 3 is 3.00 bits per heavy atom. The number of aromatic nitrogens is 1. The van der Waals surface area contributed by atoms with E-state index in [1.54, 1.807) is 13.2 Å². The summed E-state index contributed by atoms with van der Waals surface area (Å²) in [6.07, 6.45) is 1.78. The number of thioether (sulfide) groups is 1. The average molecular weight is 202 g/mol. The van der Waals surface area contributed by atoms with Crippen molar-refractivity contribution in [2.75, 3.05) is 18.6 Å². The van der Waals surface area contributed by atoms with Gasteiger partial charge in [0.2, 0.25) is 5.88 Å². The molecule has 0 atom stereocenters. The lowest BCUT2D eigenvalue weighted by Gasteiger charge is -1.99. The predicted molar refractivity (Wildman–Crippen MR) is 48.7 cm³/mol. The maximum Gasteiger partial charge on any atom is 0.346 e. The fourth-order valence-corrected chi connectivity index (χ4v) is 1.32. The number of hydrogen-bond acceptors (Lipinski definition) is 6. The van der Waals surface area contributed by atoms with Crippen LogP contribution in [0.4, 0.5) is 5.88 Å². The lowest BCUT2D eigenvalue weighted by Crippen LogP contribution is -2.07. The molecule has 1 heterocycles. The number of carbonyl (C=O) groups is 1. The van der Waals surface area contributed by atoms with E-state index in [4.69, 9.17) is 10.5 Å². The largest absolute Gasteiger partial charge is 0.462 e. The lowest BCUT2D eigenvalue weighted by molar-refractivity contribution is 0.0523. The molecule has 0 aliphatic rings. The van der Waals surface area contributed by atoms with Gasteiger partial charge in [0.1, 0.15) is 0 Å². The Labute approximate surface area is 79.6 Å². The second-order valence-corrected chi connectivity index (χ2v) is 2.95. The molecule has 0 spiro atoms. The van der Waals surface area contributed by atoms with Crippen LogP contribution in [-0.4, -0.2) is 24.0 Å². The third-order valence-electron chi connectivity index (χ3n) is 1.36. The molecule has 0 radical (unpaired) electrons. The quantitative estimate of drug-likeness (QED) is 0.585. The summed E-state index contributed by atoms with van der Waals surface area (Å²) in [5.41, 5.74) is 5.62. The molecule has 1 rings (SSSR count). The summed E-state index contributed by atoms with van der Waals surface area (Å²) < 4.78 is 9.44. The number of hydrogen-bond donors (Lipinski definition) is 1. The SMILES string of the molecule is CCOC(=O)c1c(SC)noc1N. The molecule has 1 aromatic rings. The van der Waals surface area contributed by atoms with Crippen molar-refractivity contribution in [3.8, 4) is 0 Å². The van der Waals surface area contributed by atoms with Crippen molar-refractivity contribution in [3.63, 3.8) is 0 Å². The molecular formula is C7H10N2O3S. The molecule has 0 fully saturated rings. The van der Waals surface area contributed by atoms with Crippen LogP contribution in [0.25, 0.3) is 0 Å². The Hall–Kier alpha value is -1.17. The minimum absolute atomic E-state index is 0.00259. The molecule has 0 bridgehead atoms. The van der Waals surface area contributed by atoms with E-state index in [0.717, 1.165) is 0 Å². The molecule has 0 aliphatic heterocycles. The van der Waals surface area contributed by atoms with Gasteiger partial charge in [0, 0.05) is 0 Å². The summed E-state index contributed by atoms with van der Waals surface area (Å²) in [6, 6.07) is 0. The Morgan fingerprint density at radius 1 is 1.77 bits per heavy atom. The average Bonchev–Trinajstić information content (AvgIpc) is 2.47. The van der Waals surface area contributed by atoms with Crippen molar-refractivity contribution < 1.29 is 14.1 Å². The van der Waals surface area contributed by atoms with Gasteiger partial charge in [-0.15, -0.1) is 11.8 Å². The maximum atomic E-state index is 11.3. The Balaban J connectivity index is 2.96. The van der Waals surface area contributed by atoms with Gasteiger partial charge in [0.15, 0.2) is 10.6 Å². The second kappa shape index (κ2) is 4.18. The zero-order chi connectivity index (χ0) is 9.84. The van der Waals surface area contributed by atoms with Gasteiger partial charge in [0.25, 0.3) is 0 Å². The van der Waals surface area contributed by atoms with Crippen molar-refractivity contribution in [2.24, 2.45) is 0 Å². The number of esters is 1. The Morgan fingerprint density at radius 2 is 2.46 bits per heavy atom. The first-order chi connectivity index (χ1) is 6.20. The van der Waals surface area contributed by atoms with Gasteiger partial charge in [0.05, 0.1) is 6.61 Å². The minimum atomic E-state index is -0.495. The molecule has 0 aromatic carbocycles. The number of ether oxygens (including phenoxy) is 1. The van der Waals surface area contributed by atoms with Crippen LogP contribution in [0, 0.1) is 0 Å². The standard InChI is InChI=1S/C7H10N2O3S/c1-3-11-7(10)4-5(8)12-9-6(4)13-2/h3,8H2,1-2H3. The molecule has 6 heteroatoms. The summed E-state index contributed by atoms with van der Waals surface area (Å²) in [5, 5.41) is 4.05. The van der Waals surface area contributed by atoms with E-state index < -0.39 is 5.97 Å². The van der Waals surface area contributed by atoms with Crippen molar-refractivity contribution in [3.05, 3.63) is 5.56 Å². The number of anilines is 1. The highest BCUT2D eigenvalue weighted by atomic mass is 32.2. The van der Waals surface area contributed by atoms with Gasteiger partial charge in [-0.05, 0) is 13.2 Å². The Bertz CT molecular complexity index is 311. The first kappa shape index (κ1) is 9.91.